The van der Waals surface area contributed by atoms with E-state index in [0.717, 1.165) is 11.1 Å². The van der Waals surface area contributed by atoms with Crippen molar-refractivity contribution in [2.24, 2.45) is 5.92 Å². The SMILES string of the molecule is O=C(N[C@H]1CC[C@@H](C(=O)NCC[C@H](O)C(=O)O)C1)OCC1c2ccccc2-c2ccccc21. The second-order valence-electron chi connectivity index (χ2n) is 8.61. The molecule has 0 aromatic heterocycles. The standard InChI is InChI=1S/C25H28N2O6/c28-22(24(30)31)11-12-26-23(29)15-9-10-16(13-15)27-25(32)33-14-21-19-7-3-1-5-17(19)18-6-2-4-8-20(18)21/h1-8,15-16,21-22,28H,9-14H2,(H,26,29)(H,27,32)(H,30,31)/t15-,16+,22+/m1/s1. The van der Waals surface area contributed by atoms with Crippen molar-refractivity contribution in [3.05, 3.63) is 59.7 Å². The van der Waals surface area contributed by atoms with E-state index in [2.05, 4.69) is 34.9 Å². The van der Waals surface area contributed by atoms with Crippen molar-refractivity contribution < 1.29 is 29.3 Å². The molecule has 4 N–H and O–H groups in total. The second kappa shape index (κ2) is 10.0. The Bertz CT molecular complexity index is 994. The van der Waals surface area contributed by atoms with Crippen molar-refractivity contribution in [2.75, 3.05) is 13.2 Å². The molecule has 1 fully saturated rings. The molecular weight excluding hydrogens is 424 g/mol. The Kier molecular flexibility index (Phi) is 6.93. The van der Waals surface area contributed by atoms with Crippen LogP contribution in [0.1, 0.15) is 42.7 Å². The summed E-state index contributed by atoms with van der Waals surface area (Å²) in [6, 6.07) is 16.1. The molecule has 8 heteroatoms. The molecule has 0 unspecified atom stereocenters. The van der Waals surface area contributed by atoms with Crippen LogP contribution in [-0.2, 0) is 14.3 Å². The molecule has 0 bridgehead atoms. The minimum absolute atomic E-state index is 0.00796. The van der Waals surface area contributed by atoms with Crippen LogP contribution in [0.2, 0.25) is 0 Å². The number of aliphatic hydroxyl groups excluding tert-OH is 1. The Morgan fingerprint density at radius 2 is 1.64 bits per heavy atom. The predicted octanol–water partition coefficient (Wildman–Crippen LogP) is 2.65. The maximum Gasteiger partial charge on any atom is 0.407 e. The molecule has 0 saturated heterocycles. The van der Waals surface area contributed by atoms with Gasteiger partial charge in [0.15, 0.2) is 6.10 Å². The van der Waals surface area contributed by atoms with E-state index < -0.39 is 18.2 Å². The first-order chi connectivity index (χ1) is 15.9. The van der Waals surface area contributed by atoms with E-state index in [9.17, 15) is 19.5 Å². The number of carboxylic acid groups (broad SMARTS) is 1. The number of benzene rings is 2. The summed E-state index contributed by atoms with van der Waals surface area (Å²) in [6.45, 7) is 0.329. The van der Waals surface area contributed by atoms with Crippen LogP contribution < -0.4 is 10.6 Å². The van der Waals surface area contributed by atoms with Crippen LogP contribution in [0.15, 0.2) is 48.5 Å². The van der Waals surface area contributed by atoms with Crippen LogP contribution in [-0.4, -0.2) is 53.5 Å². The van der Waals surface area contributed by atoms with E-state index in [4.69, 9.17) is 9.84 Å². The molecule has 3 atom stereocenters. The van der Waals surface area contributed by atoms with Crippen molar-refractivity contribution in [1.29, 1.82) is 0 Å². The molecule has 2 aromatic rings. The van der Waals surface area contributed by atoms with Gasteiger partial charge < -0.3 is 25.6 Å². The molecule has 4 rings (SSSR count). The Morgan fingerprint density at radius 3 is 2.27 bits per heavy atom. The summed E-state index contributed by atoms with van der Waals surface area (Å²) in [7, 11) is 0. The molecule has 174 valence electrons. The molecule has 1 saturated carbocycles. The van der Waals surface area contributed by atoms with Crippen molar-refractivity contribution >= 4 is 18.0 Å². The summed E-state index contributed by atoms with van der Waals surface area (Å²) < 4.78 is 5.58. The topological polar surface area (TPSA) is 125 Å². The lowest BCUT2D eigenvalue weighted by molar-refractivity contribution is -0.147. The van der Waals surface area contributed by atoms with Crippen LogP contribution >= 0.6 is 0 Å². The summed E-state index contributed by atoms with van der Waals surface area (Å²) in [4.78, 5) is 35.3. The zero-order chi connectivity index (χ0) is 23.4. The summed E-state index contributed by atoms with van der Waals surface area (Å²) in [6.07, 6.45) is -0.238. The van der Waals surface area contributed by atoms with Gasteiger partial charge in [-0.15, -0.1) is 0 Å². The van der Waals surface area contributed by atoms with Crippen LogP contribution in [0, 0.1) is 5.92 Å². The second-order valence-corrected chi connectivity index (χ2v) is 8.61. The molecule has 8 nitrogen and oxygen atoms in total. The summed E-state index contributed by atoms with van der Waals surface area (Å²) in [5.41, 5.74) is 4.64. The highest BCUT2D eigenvalue weighted by Gasteiger charge is 2.32. The minimum atomic E-state index is -1.49. The number of alkyl carbamates (subject to hydrolysis) is 1. The van der Waals surface area contributed by atoms with Gasteiger partial charge in [0.25, 0.3) is 0 Å². The van der Waals surface area contributed by atoms with Crippen molar-refractivity contribution in [1.82, 2.24) is 10.6 Å². The monoisotopic (exact) mass is 452 g/mol. The zero-order valence-corrected chi connectivity index (χ0v) is 18.2. The lowest BCUT2D eigenvalue weighted by Crippen LogP contribution is -2.36. The third kappa shape index (κ3) is 5.17. The van der Waals surface area contributed by atoms with Gasteiger partial charge in [0.2, 0.25) is 5.91 Å². The van der Waals surface area contributed by atoms with Gasteiger partial charge in [-0.25, -0.2) is 9.59 Å². The summed E-state index contributed by atoms with van der Waals surface area (Å²) >= 11 is 0. The number of aliphatic hydroxyl groups is 1. The summed E-state index contributed by atoms with van der Waals surface area (Å²) in [5, 5.41) is 23.5. The molecule has 2 aliphatic carbocycles. The number of carboxylic acids is 1. The Balaban J connectivity index is 1.24. The highest BCUT2D eigenvalue weighted by molar-refractivity contribution is 5.80. The first-order valence-electron chi connectivity index (χ1n) is 11.2. The van der Waals surface area contributed by atoms with Crippen molar-refractivity contribution in [3.63, 3.8) is 0 Å². The maximum absolute atomic E-state index is 12.4. The van der Waals surface area contributed by atoms with Gasteiger partial charge in [-0.3, -0.25) is 4.79 Å². The number of carbonyl (C=O) groups is 3. The molecule has 0 aliphatic heterocycles. The molecule has 0 spiro atoms. The number of aliphatic carboxylic acids is 1. The largest absolute Gasteiger partial charge is 0.479 e. The third-order valence-corrected chi connectivity index (χ3v) is 6.47. The molecule has 2 amide bonds. The zero-order valence-electron chi connectivity index (χ0n) is 18.2. The van der Waals surface area contributed by atoms with Crippen LogP contribution in [0.25, 0.3) is 11.1 Å². The molecule has 0 heterocycles. The molecule has 2 aromatic carbocycles. The van der Waals surface area contributed by atoms with E-state index in [1.54, 1.807) is 0 Å². The molecule has 33 heavy (non-hydrogen) atoms. The Morgan fingerprint density at radius 1 is 1.00 bits per heavy atom. The quantitative estimate of drug-likeness (QED) is 0.488. The minimum Gasteiger partial charge on any atom is -0.479 e. The summed E-state index contributed by atoms with van der Waals surface area (Å²) in [5.74, 6) is -1.76. The van der Waals surface area contributed by atoms with E-state index in [0.29, 0.717) is 19.3 Å². The highest BCUT2D eigenvalue weighted by Crippen LogP contribution is 2.44. The van der Waals surface area contributed by atoms with Gasteiger partial charge in [-0.1, -0.05) is 48.5 Å². The molecular formula is C25H28N2O6. The van der Waals surface area contributed by atoms with Gasteiger partial charge in [0, 0.05) is 30.8 Å². The van der Waals surface area contributed by atoms with Crippen LogP contribution in [0.4, 0.5) is 4.79 Å². The number of fused-ring (bicyclic) bond motifs is 3. The smallest absolute Gasteiger partial charge is 0.407 e. The lowest BCUT2D eigenvalue weighted by Gasteiger charge is -2.17. The van der Waals surface area contributed by atoms with E-state index in [1.165, 1.54) is 11.1 Å². The number of amides is 2. The average molecular weight is 453 g/mol. The Labute approximate surface area is 192 Å². The maximum atomic E-state index is 12.4. The fourth-order valence-electron chi connectivity index (χ4n) is 4.76. The fourth-order valence-corrected chi connectivity index (χ4v) is 4.76. The van der Waals surface area contributed by atoms with Crippen molar-refractivity contribution in [3.8, 4) is 11.1 Å². The number of nitrogens with one attached hydrogen (secondary N) is 2. The van der Waals surface area contributed by atoms with Crippen LogP contribution in [0.5, 0.6) is 0 Å². The number of rotatable bonds is 8. The number of hydrogen-bond acceptors (Lipinski definition) is 5. The van der Waals surface area contributed by atoms with Gasteiger partial charge >= 0.3 is 12.1 Å². The van der Waals surface area contributed by atoms with Gasteiger partial charge in [0.1, 0.15) is 6.61 Å². The number of hydrogen-bond donors (Lipinski definition) is 4. The highest BCUT2D eigenvalue weighted by atomic mass is 16.5. The van der Waals surface area contributed by atoms with E-state index in [-0.39, 0.29) is 43.4 Å². The lowest BCUT2D eigenvalue weighted by atomic mass is 9.98. The Hall–Kier alpha value is -3.39. The van der Waals surface area contributed by atoms with Gasteiger partial charge in [-0.2, -0.15) is 0 Å². The van der Waals surface area contributed by atoms with Crippen LogP contribution in [0.3, 0.4) is 0 Å². The fraction of sp³-hybridized carbons (Fsp3) is 0.400. The number of ether oxygens (including phenoxy) is 1. The number of carbonyl (C=O) groups excluding carboxylic acids is 2. The van der Waals surface area contributed by atoms with E-state index >= 15 is 0 Å². The molecule has 0 radical (unpaired) electrons. The van der Waals surface area contributed by atoms with E-state index in [1.807, 2.05) is 24.3 Å². The predicted molar refractivity (Wildman–Crippen MR) is 121 cm³/mol. The average Bonchev–Trinajstić information content (AvgIpc) is 3.40. The molecule has 2 aliphatic rings. The van der Waals surface area contributed by atoms with Gasteiger partial charge in [0.05, 0.1) is 0 Å². The van der Waals surface area contributed by atoms with Gasteiger partial charge in [-0.05, 0) is 41.5 Å². The first kappa shape index (κ1) is 22.8. The first-order valence-corrected chi connectivity index (χ1v) is 11.2. The van der Waals surface area contributed by atoms with Crippen molar-refractivity contribution in [2.45, 2.75) is 43.7 Å². The normalized spacial score (nSPS) is 19.9. The third-order valence-electron chi connectivity index (χ3n) is 6.47.